The van der Waals surface area contributed by atoms with Gasteiger partial charge in [-0.3, -0.25) is 9.59 Å². The molecule has 0 aromatic rings. The van der Waals surface area contributed by atoms with E-state index in [1.807, 2.05) is 0 Å². The van der Waals surface area contributed by atoms with Crippen molar-refractivity contribution in [2.75, 3.05) is 32.6 Å². The molecule has 0 radical (unpaired) electrons. The van der Waals surface area contributed by atoms with E-state index in [1.165, 1.54) is 12.0 Å². The van der Waals surface area contributed by atoms with Gasteiger partial charge in [0.25, 0.3) is 0 Å². The van der Waals surface area contributed by atoms with Gasteiger partial charge in [-0.25, -0.2) is 8.42 Å². The smallest absolute Gasteiger partial charge is 0.308 e. The first-order valence-electron chi connectivity index (χ1n) is 7.13. The van der Waals surface area contributed by atoms with E-state index in [1.54, 1.807) is 0 Å². The molecule has 8 heteroatoms. The quantitative estimate of drug-likeness (QED) is 0.666. The third-order valence-corrected chi connectivity index (χ3v) is 6.09. The summed E-state index contributed by atoms with van der Waals surface area (Å²) in [5, 5.41) is -0.928. The van der Waals surface area contributed by atoms with E-state index in [-0.39, 0.29) is 24.6 Å². The molecule has 120 valence electrons. The lowest BCUT2D eigenvalue weighted by atomic mass is 10.1. The third kappa shape index (κ3) is 3.94. The number of carbonyl (C=O) groups excluding carboxylic acids is 2. The van der Waals surface area contributed by atoms with Gasteiger partial charge in [0, 0.05) is 13.1 Å². The molecule has 1 amide bonds. The highest BCUT2D eigenvalue weighted by Gasteiger charge is 2.39. The Balaban J connectivity index is 2.00. The van der Waals surface area contributed by atoms with Crippen LogP contribution in [0.25, 0.3) is 0 Å². The molecule has 0 saturated carbocycles. The van der Waals surface area contributed by atoms with Gasteiger partial charge in [-0.05, 0) is 12.8 Å². The Morgan fingerprint density at radius 1 is 1.33 bits per heavy atom. The lowest BCUT2D eigenvalue weighted by Gasteiger charge is -2.35. The van der Waals surface area contributed by atoms with Crippen LogP contribution in [-0.4, -0.2) is 69.1 Å². The van der Waals surface area contributed by atoms with Gasteiger partial charge in [0.05, 0.1) is 32.0 Å². The van der Waals surface area contributed by atoms with Crippen LogP contribution in [0.2, 0.25) is 0 Å². The minimum atomic E-state index is -3.34. The average Bonchev–Trinajstić information content (AvgIpc) is 2.46. The highest BCUT2D eigenvalue weighted by atomic mass is 32.2. The fourth-order valence-corrected chi connectivity index (χ4v) is 4.62. The SMILES string of the molecule is COC(=O)CC1CN(C(=O)C2CCCCS2(=O)=O)CCO1. The third-order valence-electron chi connectivity index (χ3n) is 3.93. The van der Waals surface area contributed by atoms with Crippen LogP contribution in [-0.2, 0) is 28.9 Å². The summed E-state index contributed by atoms with van der Waals surface area (Å²) < 4.78 is 34.0. The fraction of sp³-hybridized carbons (Fsp3) is 0.846. The Bertz CT molecular complexity index is 503. The van der Waals surface area contributed by atoms with Crippen molar-refractivity contribution in [3.63, 3.8) is 0 Å². The number of methoxy groups -OCH3 is 1. The van der Waals surface area contributed by atoms with Gasteiger partial charge in [0.15, 0.2) is 9.84 Å². The van der Waals surface area contributed by atoms with E-state index >= 15 is 0 Å². The van der Waals surface area contributed by atoms with Crippen molar-refractivity contribution in [1.29, 1.82) is 0 Å². The Hall–Kier alpha value is -1.15. The molecule has 7 nitrogen and oxygen atoms in total. The lowest BCUT2D eigenvalue weighted by Crippen LogP contribution is -2.52. The number of hydrogen-bond donors (Lipinski definition) is 0. The van der Waals surface area contributed by atoms with Crippen LogP contribution in [0.1, 0.15) is 25.7 Å². The van der Waals surface area contributed by atoms with Crippen LogP contribution >= 0.6 is 0 Å². The predicted octanol–water partition coefficient (Wildman–Crippen LogP) is -0.256. The first-order valence-corrected chi connectivity index (χ1v) is 8.84. The molecule has 2 heterocycles. The van der Waals surface area contributed by atoms with E-state index in [0.29, 0.717) is 26.0 Å². The molecule has 2 saturated heterocycles. The molecule has 2 rings (SSSR count). The Morgan fingerprint density at radius 2 is 2.10 bits per heavy atom. The summed E-state index contributed by atoms with van der Waals surface area (Å²) >= 11 is 0. The zero-order valence-corrected chi connectivity index (χ0v) is 12.9. The van der Waals surface area contributed by atoms with Crippen LogP contribution in [0.5, 0.6) is 0 Å². The van der Waals surface area contributed by atoms with Gasteiger partial charge >= 0.3 is 5.97 Å². The summed E-state index contributed by atoms with van der Waals surface area (Å²) in [5.41, 5.74) is 0. The second-order valence-electron chi connectivity index (χ2n) is 5.41. The topological polar surface area (TPSA) is 90.0 Å². The van der Waals surface area contributed by atoms with E-state index < -0.39 is 27.2 Å². The van der Waals surface area contributed by atoms with Crippen molar-refractivity contribution < 1.29 is 27.5 Å². The summed E-state index contributed by atoms with van der Waals surface area (Å²) in [5.74, 6) is -0.674. The summed E-state index contributed by atoms with van der Waals surface area (Å²) in [6, 6.07) is 0. The van der Waals surface area contributed by atoms with Crippen molar-refractivity contribution in [2.45, 2.75) is 37.0 Å². The fourth-order valence-electron chi connectivity index (χ4n) is 2.75. The molecule has 0 bridgehead atoms. The normalized spacial score (nSPS) is 28.9. The van der Waals surface area contributed by atoms with E-state index in [4.69, 9.17) is 4.74 Å². The van der Waals surface area contributed by atoms with Gasteiger partial charge in [-0.2, -0.15) is 0 Å². The number of esters is 1. The lowest BCUT2D eigenvalue weighted by molar-refractivity contribution is -0.149. The first-order chi connectivity index (χ1) is 9.94. The Morgan fingerprint density at radius 3 is 2.76 bits per heavy atom. The van der Waals surface area contributed by atoms with Gasteiger partial charge in [0.1, 0.15) is 5.25 Å². The van der Waals surface area contributed by atoms with Gasteiger partial charge in [-0.1, -0.05) is 6.42 Å². The molecule has 0 N–H and O–H groups in total. The van der Waals surface area contributed by atoms with E-state index in [2.05, 4.69) is 4.74 Å². The van der Waals surface area contributed by atoms with Crippen LogP contribution in [0, 0.1) is 0 Å². The van der Waals surface area contributed by atoms with Crippen molar-refractivity contribution in [1.82, 2.24) is 4.90 Å². The second-order valence-corrected chi connectivity index (χ2v) is 7.71. The molecule has 0 aromatic carbocycles. The minimum absolute atomic E-state index is 0.0672. The summed E-state index contributed by atoms with van der Waals surface area (Å²) in [4.78, 5) is 25.2. The summed E-state index contributed by atoms with van der Waals surface area (Å²) in [7, 11) is -2.05. The van der Waals surface area contributed by atoms with Crippen LogP contribution in [0.3, 0.4) is 0 Å². The maximum absolute atomic E-state index is 12.4. The standard InChI is InChI=1S/C13H21NO6S/c1-19-12(15)8-10-9-14(5-6-20-10)13(16)11-4-2-3-7-21(11,17)18/h10-11H,2-9H2,1H3. The molecule has 0 spiro atoms. The number of sulfone groups is 1. The molecule has 2 fully saturated rings. The van der Waals surface area contributed by atoms with Crippen molar-refractivity contribution in [3.05, 3.63) is 0 Å². The first kappa shape index (κ1) is 16.2. The van der Waals surface area contributed by atoms with E-state index in [9.17, 15) is 18.0 Å². The Labute approximate surface area is 124 Å². The molecule has 2 atom stereocenters. The van der Waals surface area contributed by atoms with Crippen molar-refractivity contribution in [3.8, 4) is 0 Å². The highest BCUT2D eigenvalue weighted by Crippen LogP contribution is 2.22. The number of morpholine rings is 1. The largest absolute Gasteiger partial charge is 0.469 e. The molecule has 2 unspecified atom stereocenters. The van der Waals surface area contributed by atoms with Gasteiger partial charge < -0.3 is 14.4 Å². The molecule has 0 aliphatic carbocycles. The molecule has 2 aliphatic heterocycles. The van der Waals surface area contributed by atoms with Gasteiger partial charge in [0.2, 0.25) is 5.91 Å². The minimum Gasteiger partial charge on any atom is -0.469 e. The molecule has 2 aliphatic rings. The van der Waals surface area contributed by atoms with Crippen molar-refractivity contribution in [2.24, 2.45) is 0 Å². The number of carbonyl (C=O) groups is 2. The Kier molecular flexibility index (Phi) is 5.21. The second kappa shape index (κ2) is 6.74. The van der Waals surface area contributed by atoms with Crippen molar-refractivity contribution >= 4 is 21.7 Å². The molecular formula is C13H21NO6S. The summed E-state index contributed by atoms with van der Waals surface area (Å²) in [6.45, 7) is 0.905. The number of ether oxygens (including phenoxy) is 2. The predicted molar refractivity (Wildman–Crippen MR) is 74.4 cm³/mol. The molecule has 21 heavy (non-hydrogen) atoms. The maximum Gasteiger partial charge on any atom is 0.308 e. The number of rotatable bonds is 3. The van der Waals surface area contributed by atoms with Crippen LogP contribution < -0.4 is 0 Å². The number of nitrogens with zero attached hydrogens (tertiary/aromatic N) is 1. The maximum atomic E-state index is 12.4. The molecule has 0 aromatic heterocycles. The van der Waals surface area contributed by atoms with Crippen LogP contribution in [0.15, 0.2) is 0 Å². The average molecular weight is 319 g/mol. The van der Waals surface area contributed by atoms with Gasteiger partial charge in [-0.15, -0.1) is 0 Å². The van der Waals surface area contributed by atoms with Crippen LogP contribution in [0.4, 0.5) is 0 Å². The number of hydrogen-bond acceptors (Lipinski definition) is 6. The zero-order chi connectivity index (χ0) is 15.5. The molecular weight excluding hydrogens is 298 g/mol. The number of amides is 1. The summed E-state index contributed by atoms with van der Waals surface area (Å²) in [6.07, 6.45) is 1.41. The highest BCUT2D eigenvalue weighted by molar-refractivity contribution is 7.92. The van der Waals surface area contributed by atoms with E-state index in [0.717, 1.165) is 6.42 Å². The monoisotopic (exact) mass is 319 g/mol. The zero-order valence-electron chi connectivity index (χ0n) is 12.1.